The van der Waals surface area contributed by atoms with Crippen LogP contribution in [-0.4, -0.2) is 84.7 Å². The van der Waals surface area contributed by atoms with Crippen molar-refractivity contribution in [1.29, 1.82) is 0 Å². The third-order valence-corrected chi connectivity index (χ3v) is 6.11. The zero-order chi connectivity index (χ0) is 18.6. The van der Waals surface area contributed by atoms with Gasteiger partial charge in [0.1, 0.15) is 5.75 Å². The fourth-order valence-corrected chi connectivity index (χ4v) is 4.49. The predicted molar refractivity (Wildman–Crippen MR) is 104 cm³/mol. The van der Waals surface area contributed by atoms with Crippen molar-refractivity contribution in [2.24, 2.45) is 5.92 Å². The van der Waals surface area contributed by atoms with E-state index in [4.69, 9.17) is 4.74 Å². The number of nitrogens with zero attached hydrogens (tertiary/aromatic N) is 3. The summed E-state index contributed by atoms with van der Waals surface area (Å²) >= 11 is 0. The first-order valence-corrected chi connectivity index (χ1v) is 10.3. The quantitative estimate of drug-likeness (QED) is 0.834. The summed E-state index contributed by atoms with van der Waals surface area (Å²) in [6.07, 6.45) is 3.17. The Morgan fingerprint density at radius 3 is 2.81 bits per heavy atom. The third kappa shape index (κ3) is 4.62. The largest absolute Gasteiger partial charge is 0.493 e. The Hall–Kier alpha value is -1.63. The number of piperidine rings is 1. The number of carbonyl (C=O) groups excluding carboxylic acids is 1. The van der Waals surface area contributed by atoms with E-state index >= 15 is 0 Å². The molecule has 0 saturated carbocycles. The molecule has 3 heterocycles. The number of rotatable bonds is 5. The maximum atomic E-state index is 12.6. The second-order valence-electron chi connectivity index (χ2n) is 8.12. The number of amides is 1. The van der Waals surface area contributed by atoms with Crippen LogP contribution in [0.25, 0.3) is 0 Å². The minimum absolute atomic E-state index is 0.234. The highest BCUT2D eigenvalue weighted by molar-refractivity contribution is 5.78. The average Bonchev–Trinajstić information content (AvgIpc) is 3.16. The van der Waals surface area contributed by atoms with E-state index in [1.54, 1.807) is 0 Å². The molecule has 27 heavy (non-hydrogen) atoms. The number of carbonyl (C=O) groups is 1. The van der Waals surface area contributed by atoms with Gasteiger partial charge in [0, 0.05) is 52.3 Å². The summed E-state index contributed by atoms with van der Waals surface area (Å²) in [6, 6.07) is 6.53. The average molecular weight is 373 g/mol. The van der Waals surface area contributed by atoms with Crippen molar-refractivity contribution in [2.75, 3.05) is 59.0 Å². The molecule has 1 N–H and O–H groups in total. The van der Waals surface area contributed by atoms with Crippen LogP contribution in [0.2, 0.25) is 0 Å². The molecule has 1 amide bonds. The SMILES string of the molecule is O=C(CN1CCCC(CO)C1)N1CCN(Cc2ccc3c(c2)CCO3)CC1. The predicted octanol–water partition coefficient (Wildman–Crippen LogP) is 0.970. The molecule has 0 aromatic heterocycles. The summed E-state index contributed by atoms with van der Waals surface area (Å²) in [5, 5.41) is 9.36. The van der Waals surface area contributed by atoms with E-state index in [9.17, 15) is 9.90 Å². The topological polar surface area (TPSA) is 56.3 Å². The number of piperazine rings is 1. The number of aliphatic hydroxyl groups excluding tert-OH is 1. The van der Waals surface area contributed by atoms with Crippen LogP contribution < -0.4 is 4.74 Å². The number of hydrogen-bond acceptors (Lipinski definition) is 5. The molecule has 1 aromatic carbocycles. The standard InChI is InChI=1S/C21H31N3O3/c25-16-18-2-1-6-23(14-18)15-21(26)24-9-7-22(8-10-24)13-17-3-4-20-19(12-17)5-11-27-20/h3-4,12,18,25H,1-2,5-11,13-16H2. The zero-order valence-electron chi connectivity index (χ0n) is 16.1. The van der Waals surface area contributed by atoms with Crippen molar-refractivity contribution in [3.05, 3.63) is 29.3 Å². The van der Waals surface area contributed by atoms with Gasteiger partial charge in [-0.1, -0.05) is 12.1 Å². The first kappa shape index (κ1) is 18.7. The molecule has 3 aliphatic rings. The minimum atomic E-state index is 0.234. The molecule has 148 valence electrons. The maximum Gasteiger partial charge on any atom is 0.236 e. The van der Waals surface area contributed by atoms with E-state index in [-0.39, 0.29) is 12.5 Å². The molecule has 0 bridgehead atoms. The lowest BCUT2D eigenvalue weighted by molar-refractivity contribution is -0.134. The van der Waals surface area contributed by atoms with Crippen LogP contribution >= 0.6 is 0 Å². The molecule has 2 fully saturated rings. The van der Waals surface area contributed by atoms with Crippen LogP contribution in [0.1, 0.15) is 24.0 Å². The van der Waals surface area contributed by atoms with E-state index in [1.165, 1.54) is 11.1 Å². The van der Waals surface area contributed by atoms with Crippen molar-refractivity contribution < 1.29 is 14.6 Å². The van der Waals surface area contributed by atoms with E-state index in [0.29, 0.717) is 12.5 Å². The molecular formula is C21H31N3O3. The van der Waals surface area contributed by atoms with Crippen LogP contribution in [0.15, 0.2) is 18.2 Å². The van der Waals surface area contributed by atoms with Gasteiger partial charge in [0.2, 0.25) is 5.91 Å². The van der Waals surface area contributed by atoms with Crippen molar-refractivity contribution >= 4 is 5.91 Å². The van der Waals surface area contributed by atoms with E-state index < -0.39 is 0 Å². The summed E-state index contributed by atoms with van der Waals surface area (Å²) in [4.78, 5) is 19.3. The summed E-state index contributed by atoms with van der Waals surface area (Å²) in [6.45, 7) is 7.79. The second kappa shape index (κ2) is 8.59. The lowest BCUT2D eigenvalue weighted by atomic mass is 9.99. The van der Waals surface area contributed by atoms with Gasteiger partial charge < -0.3 is 14.7 Å². The van der Waals surface area contributed by atoms with Gasteiger partial charge in [0.25, 0.3) is 0 Å². The van der Waals surface area contributed by atoms with Crippen LogP contribution in [0.4, 0.5) is 0 Å². The molecule has 6 nitrogen and oxygen atoms in total. The van der Waals surface area contributed by atoms with Gasteiger partial charge in [-0.05, 0) is 42.5 Å². The molecule has 1 aromatic rings. The Balaban J connectivity index is 1.23. The lowest BCUT2D eigenvalue weighted by Crippen LogP contribution is -2.51. The fourth-order valence-electron chi connectivity index (χ4n) is 4.49. The summed E-state index contributed by atoms with van der Waals surface area (Å²) in [5.41, 5.74) is 2.66. The molecule has 1 atom stereocenters. The molecule has 1 unspecified atom stereocenters. The third-order valence-electron chi connectivity index (χ3n) is 6.11. The van der Waals surface area contributed by atoms with E-state index in [2.05, 4.69) is 28.0 Å². The molecule has 3 aliphatic heterocycles. The van der Waals surface area contributed by atoms with Gasteiger partial charge in [-0.15, -0.1) is 0 Å². The van der Waals surface area contributed by atoms with Gasteiger partial charge in [-0.2, -0.15) is 0 Å². The van der Waals surface area contributed by atoms with Crippen LogP contribution in [0, 0.1) is 5.92 Å². The zero-order valence-corrected chi connectivity index (χ0v) is 16.1. The Morgan fingerprint density at radius 1 is 1.15 bits per heavy atom. The molecule has 0 aliphatic carbocycles. The monoisotopic (exact) mass is 373 g/mol. The lowest BCUT2D eigenvalue weighted by Gasteiger charge is -2.37. The minimum Gasteiger partial charge on any atom is -0.493 e. The number of ether oxygens (including phenoxy) is 1. The number of hydrogen-bond donors (Lipinski definition) is 1. The van der Waals surface area contributed by atoms with Crippen molar-refractivity contribution in [3.8, 4) is 5.75 Å². The molecule has 2 saturated heterocycles. The first-order chi connectivity index (χ1) is 13.2. The molecule has 0 spiro atoms. The normalized spacial score (nSPS) is 23.9. The van der Waals surface area contributed by atoms with Gasteiger partial charge in [0.15, 0.2) is 0 Å². The van der Waals surface area contributed by atoms with Crippen LogP contribution in [-0.2, 0) is 17.8 Å². The summed E-state index contributed by atoms with van der Waals surface area (Å²) in [5.74, 6) is 1.61. The van der Waals surface area contributed by atoms with Crippen molar-refractivity contribution in [3.63, 3.8) is 0 Å². The van der Waals surface area contributed by atoms with Gasteiger partial charge in [-0.3, -0.25) is 14.6 Å². The Labute approximate surface area is 161 Å². The summed E-state index contributed by atoms with van der Waals surface area (Å²) < 4.78 is 5.58. The Bertz CT molecular complexity index is 658. The number of fused-ring (bicyclic) bond motifs is 1. The summed E-state index contributed by atoms with van der Waals surface area (Å²) in [7, 11) is 0. The Morgan fingerprint density at radius 2 is 2.00 bits per heavy atom. The Kier molecular flexibility index (Phi) is 5.95. The van der Waals surface area contributed by atoms with E-state index in [0.717, 1.165) is 77.4 Å². The van der Waals surface area contributed by atoms with Crippen LogP contribution in [0.3, 0.4) is 0 Å². The van der Waals surface area contributed by atoms with E-state index in [1.807, 2.05) is 4.90 Å². The highest BCUT2D eigenvalue weighted by Gasteiger charge is 2.26. The number of likely N-dealkylation sites (tertiary alicyclic amines) is 1. The maximum absolute atomic E-state index is 12.6. The molecular weight excluding hydrogens is 342 g/mol. The molecule has 0 radical (unpaired) electrons. The smallest absolute Gasteiger partial charge is 0.236 e. The highest BCUT2D eigenvalue weighted by Crippen LogP contribution is 2.26. The fraction of sp³-hybridized carbons (Fsp3) is 0.667. The van der Waals surface area contributed by atoms with Gasteiger partial charge >= 0.3 is 0 Å². The van der Waals surface area contributed by atoms with Crippen LogP contribution in [0.5, 0.6) is 5.75 Å². The second-order valence-corrected chi connectivity index (χ2v) is 8.12. The first-order valence-electron chi connectivity index (χ1n) is 10.3. The van der Waals surface area contributed by atoms with Crippen molar-refractivity contribution in [1.82, 2.24) is 14.7 Å². The number of benzene rings is 1. The van der Waals surface area contributed by atoms with Crippen molar-refractivity contribution in [2.45, 2.75) is 25.8 Å². The van der Waals surface area contributed by atoms with Gasteiger partial charge in [-0.25, -0.2) is 0 Å². The van der Waals surface area contributed by atoms with Gasteiger partial charge in [0.05, 0.1) is 13.2 Å². The highest BCUT2D eigenvalue weighted by atomic mass is 16.5. The molecule has 6 heteroatoms. The molecule has 4 rings (SSSR count). The number of aliphatic hydroxyl groups is 1.